The molecular formula is C21H19FN4O3. The molecule has 1 aliphatic heterocycles. The number of aryl methyl sites for hydroxylation is 1. The van der Waals surface area contributed by atoms with Crippen LogP contribution in [0.3, 0.4) is 0 Å². The van der Waals surface area contributed by atoms with E-state index in [-0.39, 0.29) is 5.69 Å². The zero-order valence-corrected chi connectivity index (χ0v) is 15.7. The van der Waals surface area contributed by atoms with Crippen molar-refractivity contribution in [2.24, 2.45) is 0 Å². The Kier molecular flexibility index (Phi) is 4.75. The minimum atomic E-state index is -0.744. The van der Waals surface area contributed by atoms with Crippen molar-refractivity contribution in [3.05, 3.63) is 65.6 Å². The molecule has 4 rings (SSSR count). The topological polar surface area (TPSA) is 94.3 Å². The summed E-state index contributed by atoms with van der Waals surface area (Å²) in [7, 11) is 0. The minimum Gasteiger partial charge on any atom is -0.361 e. The van der Waals surface area contributed by atoms with E-state index in [2.05, 4.69) is 15.6 Å². The highest BCUT2D eigenvalue weighted by Crippen LogP contribution is 2.21. The van der Waals surface area contributed by atoms with Crippen molar-refractivity contribution in [3.8, 4) is 0 Å². The maximum absolute atomic E-state index is 13.6. The molecule has 1 saturated heterocycles. The number of halogens is 1. The Morgan fingerprint density at radius 3 is 2.79 bits per heavy atom. The van der Waals surface area contributed by atoms with E-state index >= 15 is 0 Å². The number of anilines is 1. The lowest BCUT2D eigenvalue weighted by molar-refractivity contribution is -0.130. The number of carbonyl (C=O) groups is 3. The molecule has 0 unspecified atom stereocenters. The zero-order valence-electron chi connectivity index (χ0n) is 15.7. The van der Waals surface area contributed by atoms with Gasteiger partial charge in [-0.15, -0.1) is 0 Å². The predicted octanol–water partition coefficient (Wildman–Crippen LogP) is 2.72. The Balaban J connectivity index is 1.42. The first-order valence-corrected chi connectivity index (χ1v) is 9.15. The third kappa shape index (κ3) is 3.69. The highest BCUT2D eigenvalue weighted by molar-refractivity contribution is 6.08. The van der Waals surface area contributed by atoms with Gasteiger partial charge in [0, 0.05) is 29.2 Å². The number of urea groups is 1. The largest absolute Gasteiger partial charge is 0.361 e. The zero-order chi connectivity index (χ0) is 20.5. The fraction of sp³-hybridized carbons (Fsp3) is 0.190. The van der Waals surface area contributed by atoms with Crippen LogP contribution < -0.4 is 10.6 Å². The van der Waals surface area contributed by atoms with Crippen molar-refractivity contribution in [2.75, 3.05) is 11.9 Å². The summed E-state index contributed by atoms with van der Waals surface area (Å²) in [5, 5.41) is 6.11. The van der Waals surface area contributed by atoms with Crippen molar-refractivity contribution in [1.82, 2.24) is 15.2 Å². The highest BCUT2D eigenvalue weighted by Gasteiger charge is 2.39. The number of imide groups is 1. The van der Waals surface area contributed by atoms with Gasteiger partial charge in [-0.3, -0.25) is 14.5 Å². The van der Waals surface area contributed by atoms with E-state index in [1.54, 1.807) is 13.0 Å². The van der Waals surface area contributed by atoms with Crippen LogP contribution in [0, 0.1) is 12.7 Å². The number of para-hydroxylation sites is 1. The molecule has 3 N–H and O–H groups in total. The number of fused-ring (bicyclic) bond motifs is 1. The van der Waals surface area contributed by atoms with Gasteiger partial charge < -0.3 is 15.6 Å². The molecule has 3 aromatic rings. The Bertz CT molecular complexity index is 1120. The maximum atomic E-state index is 13.6. The van der Waals surface area contributed by atoms with Gasteiger partial charge in [-0.2, -0.15) is 0 Å². The van der Waals surface area contributed by atoms with Gasteiger partial charge in [0.25, 0.3) is 5.91 Å². The summed E-state index contributed by atoms with van der Waals surface area (Å²) in [6.07, 6.45) is 2.13. The number of H-pyrrole nitrogens is 1. The van der Waals surface area contributed by atoms with Gasteiger partial charge in [-0.25, -0.2) is 9.18 Å². The van der Waals surface area contributed by atoms with E-state index in [1.165, 1.54) is 12.1 Å². The van der Waals surface area contributed by atoms with Crippen molar-refractivity contribution >= 4 is 34.4 Å². The molecule has 29 heavy (non-hydrogen) atoms. The molecule has 2 heterocycles. The van der Waals surface area contributed by atoms with Gasteiger partial charge in [-0.05, 0) is 36.2 Å². The van der Waals surface area contributed by atoms with Gasteiger partial charge >= 0.3 is 6.03 Å². The number of rotatable bonds is 5. The number of amides is 4. The van der Waals surface area contributed by atoms with E-state index in [1.807, 2.05) is 30.5 Å². The first kappa shape index (κ1) is 18.7. The highest BCUT2D eigenvalue weighted by atomic mass is 19.1. The third-order valence-electron chi connectivity index (χ3n) is 4.96. The van der Waals surface area contributed by atoms with Crippen LogP contribution >= 0.6 is 0 Å². The lowest BCUT2D eigenvalue weighted by Gasteiger charge is -2.13. The molecule has 0 aliphatic carbocycles. The number of carbonyl (C=O) groups excluding carboxylic acids is 3. The van der Waals surface area contributed by atoms with Crippen molar-refractivity contribution < 1.29 is 18.8 Å². The van der Waals surface area contributed by atoms with Gasteiger partial charge in [0.2, 0.25) is 5.91 Å². The standard InChI is InChI=1S/C21H19FN4O3/c1-12-6-7-14(9-16(12)22)24-19(27)11-26-20(28)18(25-21(26)29)8-13-10-23-17-5-3-2-4-15(13)17/h2-7,9-10,18,23H,8,11H2,1H3,(H,24,27)(H,25,29)/t18-/m1/s1. The average Bonchev–Trinajstić information content (AvgIpc) is 3.21. The molecule has 2 aromatic carbocycles. The van der Waals surface area contributed by atoms with Crippen LogP contribution in [0.25, 0.3) is 10.9 Å². The number of aromatic nitrogens is 1. The van der Waals surface area contributed by atoms with Crippen LogP contribution in [-0.4, -0.2) is 40.3 Å². The number of hydrogen-bond donors (Lipinski definition) is 3. The summed E-state index contributed by atoms with van der Waals surface area (Å²) in [6.45, 7) is 1.17. The molecule has 8 heteroatoms. The smallest absolute Gasteiger partial charge is 0.325 e. The molecule has 7 nitrogen and oxygen atoms in total. The fourth-order valence-electron chi connectivity index (χ4n) is 3.40. The number of nitrogens with zero attached hydrogens (tertiary/aromatic N) is 1. The van der Waals surface area contributed by atoms with Crippen molar-refractivity contribution in [1.29, 1.82) is 0 Å². The Morgan fingerprint density at radius 2 is 2.00 bits per heavy atom. The molecule has 1 fully saturated rings. The van der Waals surface area contributed by atoms with Crippen LogP contribution in [0.4, 0.5) is 14.9 Å². The van der Waals surface area contributed by atoms with Gasteiger partial charge in [0.15, 0.2) is 0 Å². The second-order valence-electron chi connectivity index (χ2n) is 7.00. The molecule has 4 amide bonds. The van der Waals surface area contributed by atoms with E-state index in [9.17, 15) is 18.8 Å². The van der Waals surface area contributed by atoms with E-state index < -0.39 is 36.2 Å². The van der Waals surface area contributed by atoms with Crippen LogP contribution in [0.1, 0.15) is 11.1 Å². The van der Waals surface area contributed by atoms with Crippen molar-refractivity contribution in [3.63, 3.8) is 0 Å². The van der Waals surface area contributed by atoms with Gasteiger partial charge in [0.1, 0.15) is 18.4 Å². The number of hydrogen-bond acceptors (Lipinski definition) is 3. The summed E-state index contributed by atoms with van der Waals surface area (Å²) in [6, 6.07) is 10.6. The van der Waals surface area contributed by atoms with Gasteiger partial charge in [0.05, 0.1) is 0 Å². The molecular weight excluding hydrogens is 375 g/mol. The summed E-state index contributed by atoms with van der Waals surface area (Å²) in [5.41, 5.74) is 2.57. The molecule has 1 atom stereocenters. The normalized spacial score (nSPS) is 16.3. The van der Waals surface area contributed by atoms with Crippen molar-refractivity contribution in [2.45, 2.75) is 19.4 Å². The molecule has 0 saturated carbocycles. The Hall–Kier alpha value is -3.68. The third-order valence-corrected chi connectivity index (χ3v) is 4.96. The van der Waals surface area contributed by atoms with Gasteiger partial charge in [-0.1, -0.05) is 24.3 Å². The molecule has 0 spiro atoms. The minimum absolute atomic E-state index is 0.264. The summed E-state index contributed by atoms with van der Waals surface area (Å²) in [4.78, 5) is 41.1. The first-order valence-electron chi connectivity index (χ1n) is 9.15. The number of aromatic amines is 1. The monoisotopic (exact) mass is 394 g/mol. The second-order valence-corrected chi connectivity index (χ2v) is 7.00. The maximum Gasteiger partial charge on any atom is 0.325 e. The predicted molar refractivity (Wildman–Crippen MR) is 106 cm³/mol. The number of benzene rings is 2. The molecule has 0 bridgehead atoms. The second kappa shape index (κ2) is 7.38. The molecule has 1 aromatic heterocycles. The molecule has 1 aliphatic rings. The van der Waals surface area contributed by atoms with Crippen LogP contribution in [0.5, 0.6) is 0 Å². The van der Waals surface area contributed by atoms with Crippen LogP contribution in [0.15, 0.2) is 48.7 Å². The average molecular weight is 394 g/mol. The van der Waals surface area contributed by atoms with Crippen LogP contribution in [0.2, 0.25) is 0 Å². The summed E-state index contributed by atoms with van der Waals surface area (Å²) in [5.74, 6) is -1.49. The lowest BCUT2D eigenvalue weighted by atomic mass is 10.1. The molecule has 0 radical (unpaired) electrons. The Labute approximate surface area is 165 Å². The van der Waals surface area contributed by atoms with E-state index in [0.717, 1.165) is 21.4 Å². The van der Waals surface area contributed by atoms with E-state index in [0.29, 0.717) is 12.0 Å². The summed E-state index contributed by atoms with van der Waals surface area (Å²) < 4.78 is 13.6. The fourth-order valence-corrected chi connectivity index (χ4v) is 3.40. The first-order chi connectivity index (χ1) is 13.9. The van der Waals surface area contributed by atoms with E-state index in [4.69, 9.17) is 0 Å². The summed E-state index contributed by atoms with van der Waals surface area (Å²) >= 11 is 0. The Morgan fingerprint density at radius 1 is 1.21 bits per heavy atom. The molecule has 148 valence electrons. The SMILES string of the molecule is Cc1ccc(NC(=O)CN2C(=O)N[C@H](Cc3c[nH]c4ccccc34)C2=O)cc1F. The quantitative estimate of drug-likeness (QED) is 0.581. The lowest BCUT2D eigenvalue weighted by Crippen LogP contribution is -2.38. The van der Waals surface area contributed by atoms with Crippen LogP contribution in [-0.2, 0) is 16.0 Å². The number of nitrogens with one attached hydrogen (secondary N) is 3.